The molecule has 0 aliphatic heterocycles. The number of unbranched alkanes of at least 4 members (excludes halogenated alkanes) is 1. The van der Waals surface area contributed by atoms with Gasteiger partial charge in [0.1, 0.15) is 0 Å². The van der Waals surface area contributed by atoms with Crippen LogP contribution in [0, 0.1) is 0 Å². The van der Waals surface area contributed by atoms with Crippen LogP contribution in [-0.2, 0) is 0 Å². The van der Waals surface area contributed by atoms with E-state index in [-0.39, 0.29) is 0 Å². The molecule has 0 unspecified atom stereocenters. The van der Waals surface area contributed by atoms with E-state index < -0.39 is 0 Å². The van der Waals surface area contributed by atoms with Gasteiger partial charge in [-0.25, -0.2) is 0 Å². The predicted octanol–water partition coefficient (Wildman–Crippen LogP) is 0.867. The molecule has 0 saturated heterocycles. The standard InChI is InChI=1S/C8H17N3/c1-2-3-4-6-10-8-11-7-5-9/h4-7,10-11H,2-3,8-9H2,1H3/b6-4-,7-5-. The van der Waals surface area contributed by atoms with E-state index in [0.717, 1.165) is 6.42 Å². The fraction of sp³-hybridized carbons (Fsp3) is 0.500. The van der Waals surface area contributed by atoms with E-state index in [1.807, 2.05) is 6.20 Å². The predicted molar refractivity (Wildman–Crippen MR) is 48.5 cm³/mol. The molecule has 3 nitrogen and oxygen atoms in total. The zero-order chi connectivity index (χ0) is 8.36. The number of nitrogens with two attached hydrogens (primary N) is 1. The Bertz CT molecular complexity index is 119. The Hall–Kier alpha value is -1.12. The van der Waals surface area contributed by atoms with Gasteiger partial charge in [-0.1, -0.05) is 19.4 Å². The molecule has 0 heterocycles. The van der Waals surface area contributed by atoms with E-state index in [1.54, 1.807) is 6.20 Å². The van der Waals surface area contributed by atoms with Crippen LogP contribution in [0.1, 0.15) is 19.8 Å². The second kappa shape index (κ2) is 8.88. The van der Waals surface area contributed by atoms with Crippen molar-refractivity contribution in [3.63, 3.8) is 0 Å². The highest BCUT2D eigenvalue weighted by Crippen LogP contribution is 1.85. The van der Waals surface area contributed by atoms with Crippen molar-refractivity contribution in [3.8, 4) is 0 Å². The molecular weight excluding hydrogens is 138 g/mol. The molecule has 0 aliphatic rings. The lowest BCUT2D eigenvalue weighted by Gasteiger charge is -1.98. The summed E-state index contributed by atoms with van der Waals surface area (Å²) in [6.07, 6.45) is 9.53. The van der Waals surface area contributed by atoms with E-state index in [0.29, 0.717) is 6.67 Å². The topological polar surface area (TPSA) is 50.1 Å². The molecule has 4 N–H and O–H groups in total. The molecule has 11 heavy (non-hydrogen) atoms. The summed E-state index contributed by atoms with van der Waals surface area (Å²) in [6, 6.07) is 0. The van der Waals surface area contributed by atoms with Crippen molar-refractivity contribution >= 4 is 0 Å². The molecule has 0 amide bonds. The first-order chi connectivity index (χ1) is 5.41. The monoisotopic (exact) mass is 155 g/mol. The summed E-state index contributed by atoms with van der Waals surface area (Å²) in [5.74, 6) is 0. The molecule has 64 valence electrons. The van der Waals surface area contributed by atoms with Gasteiger partial charge in [0, 0.05) is 12.4 Å². The van der Waals surface area contributed by atoms with Crippen molar-refractivity contribution in [2.45, 2.75) is 19.8 Å². The average Bonchev–Trinajstić information content (AvgIpc) is 2.03. The molecule has 0 aliphatic carbocycles. The lowest BCUT2D eigenvalue weighted by molar-refractivity contribution is 0.764. The Morgan fingerprint density at radius 1 is 1.27 bits per heavy atom. The highest BCUT2D eigenvalue weighted by Gasteiger charge is 1.73. The maximum absolute atomic E-state index is 5.10. The molecule has 0 radical (unpaired) electrons. The van der Waals surface area contributed by atoms with Crippen LogP contribution in [0.5, 0.6) is 0 Å². The lowest BCUT2D eigenvalue weighted by atomic mass is 10.3. The van der Waals surface area contributed by atoms with Crippen LogP contribution >= 0.6 is 0 Å². The van der Waals surface area contributed by atoms with E-state index in [1.165, 1.54) is 12.6 Å². The number of allylic oxidation sites excluding steroid dienone is 1. The third-order valence-electron chi connectivity index (χ3n) is 1.11. The molecule has 0 aromatic carbocycles. The number of hydrogen-bond donors (Lipinski definition) is 3. The van der Waals surface area contributed by atoms with E-state index >= 15 is 0 Å². The van der Waals surface area contributed by atoms with Crippen molar-refractivity contribution in [2.75, 3.05) is 6.67 Å². The smallest absolute Gasteiger partial charge is 0.0840 e. The Morgan fingerprint density at radius 2 is 2.00 bits per heavy atom. The minimum Gasteiger partial charge on any atom is -0.403 e. The molecule has 0 atom stereocenters. The maximum Gasteiger partial charge on any atom is 0.0840 e. The first kappa shape index (κ1) is 9.88. The van der Waals surface area contributed by atoms with Crippen molar-refractivity contribution < 1.29 is 0 Å². The van der Waals surface area contributed by atoms with Gasteiger partial charge in [0.05, 0.1) is 6.67 Å². The van der Waals surface area contributed by atoms with Crippen molar-refractivity contribution in [1.82, 2.24) is 10.6 Å². The summed E-state index contributed by atoms with van der Waals surface area (Å²) in [7, 11) is 0. The molecule has 0 rings (SSSR count). The van der Waals surface area contributed by atoms with Gasteiger partial charge in [-0.2, -0.15) is 0 Å². The summed E-state index contributed by atoms with van der Waals surface area (Å²) in [5.41, 5.74) is 5.10. The SMILES string of the molecule is CCC/C=C\NCN/C=C\N. The zero-order valence-corrected chi connectivity index (χ0v) is 7.01. The van der Waals surface area contributed by atoms with E-state index in [9.17, 15) is 0 Å². The third kappa shape index (κ3) is 8.88. The number of rotatable bonds is 6. The molecule has 3 heteroatoms. The second-order valence-corrected chi connectivity index (χ2v) is 2.14. The fourth-order valence-electron chi connectivity index (χ4n) is 0.578. The molecule has 0 bridgehead atoms. The van der Waals surface area contributed by atoms with Gasteiger partial charge in [0.15, 0.2) is 0 Å². The molecule has 0 aromatic rings. The van der Waals surface area contributed by atoms with Gasteiger partial charge in [0.25, 0.3) is 0 Å². The quantitative estimate of drug-likeness (QED) is 0.394. The van der Waals surface area contributed by atoms with Crippen molar-refractivity contribution in [3.05, 3.63) is 24.7 Å². The van der Waals surface area contributed by atoms with Gasteiger partial charge < -0.3 is 16.4 Å². The highest BCUT2D eigenvalue weighted by atomic mass is 15.0. The molecule has 0 spiro atoms. The maximum atomic E-state index is 5.10. The molecular formula is C8H17N3. The normalized spacial score (nSPS) is 11.0. The molecule has 0 aromatic heterocycles. The minimum atomic E-state index is 0.716. The Labute approximate surface area is 68.4 Å². The Morgan fingerprint density at radius 3 is 2.64 bits per heavy atom. The largest absolute Gasteiger partial charge is 0.403 e. The summed E-state index contributed by atoms with van der Waals surface area (Å²) >= 11 is 0. The van der Waals surface area contributed by atoms with E-state index in [2.05, 4.69) is 23.6 Å². The number of nitrogens with one attached hydrogen (secondary N) is 2. The molecule has 0 saturated carbocycles. The molecule has 0 fully saturated rings. The minimum absolute atomic E-state index is 0.716. The highest BCUT2D eigenvalue weighted by molar-refractivity contribution is 4.79. The Kier molecular flexibility index (Phi) is 7.98. The van der Waals surface area contributed by atoms with Crippen LogP contribution in [0.4, 0.5) is 0 Å². The van der Waals surface area contributed by atoms with Crippen LogP contribution in [0.25, 0.3) is 0 Å². The van der Waals surface area contributed by atoms with Gasteiger partial charge in [-0.15, -0.1) is 0 Å². The van der Waals surface area contributed by atoms with Crippen molar-refractivity contribution in [1.29, 1.82) is 0 Å². The summed E-state index contributed by atoms with van der Waals surface area (Å²) in [5, 5.41) is 6.00. The third-order valence-corrected chi connectivity index (χ3v) is 1.11. The van der Waals surface area contributed by atoms with Gasteiger partial charge in [-0.05, 0) is 12.6 Å². The van der Waals surface area contributed by atoms with Gasteiger partial charge in [-0.3, -0.25) is 0 Å². The van der Waals surface area contributed by atoms with Crippen LogP contribution in [0.3, 0.4) is 0 Å². The Balaban J connectivity index is 3.00. The average molecular weight is 155 g/mol. The van der Waals surface area contributed by atoms with Crippen LogP contribution in [0.2, 0.25) is 0 Å². The van der Waals surface area contributed by atoms with Crippen molar-refractivity contribution in [2.24, 2.45) is 5.73 Å². The zero-order valence-electron chi connectivity index (χ0n) is 7.01. The summed E-state index contributed by atoms with van der Waals surface area (Å²) in [6.45, 7) is 2.87. The van der Waals surface area contributed by atoms with Gasteiger partial charge >= 0.3 is 0 Å². The van der Waals surface area contributed by atoms with Crippen LogP contribution in [-0.4, -0.2) is 6.67 Å². The summed E-state index contributed by atoms with van der Waals surface area (Å²) < 4.78 is 0. The van der Waals surface area contributed by atoms with Crippen LogP contribution < -0.4 is 16.4 Å². The first-order valence-electron chi connectivity index (χ1n) is 3.90. The number of hydrogen-bond acceptors (Lipinski definition) is 3. The first-order valence-corrected chi connectivity index (χ1v) is 3.90. The lowest BCUT2D eigenvalue weighted by Crippen LogP contribution is -2.20. The summed E-state index contributed by atoms with van der Waals surface area (Å²) in [4.78, 5) is 0. The fourth-order valence-corrected chi connectivity index (χ4v) is 0.578. The van der Waals surface area contributed by atoms with Gasteiger partial charge in [0.2, 0.25) is 0 Å². The van der Waals surface area contributed by atoms with Crippen LogP contribution in [0.15, 0.2) is 24.7 Å². The second-order valence-electron chi connectivity index (χ2n) is 2.14. The van der Waals surface area contributed by atoms with E-state index in [4.69, 9.17) is 5.73 Å².